The minimum atomic E-state index is -0.768. The van der Waals surface area contributed by atoms with Crippen LogP contribution in [0.4, 0.5) is 27.8 Å². The number of benzene rings is 1. The van der Waals surface area contributed by atoms with Crippen LogP contribution in [-0.4, -0.2) is 29.5 Å². The molecule has 4 aromatic rings. The highest BCUT2D eigenvalue weighted by atomic mass is 35.5. The molecule has 0 amide bonds. The second kappa shape index (κ2) is 8.05. The van der Waals surface area contributed by atoms with Gasteiger partial charge in [-0.2, -0.15) is 9.97 Å². The molecule has 164 valence electrons. The van der Waals surface area contributed by atoms with Crippen molar-refractivity contribution in [3.05, 3.63) is 56.6 Å². The molecule has 3 heterocycles. The molecule has 32 heavy (non-hydrogen) atoms. The third-order valence-electron chi connectivity index (χ3n) is 4.47. The van der Waals surface area contributed by atoms with Gasteiger partial charge in [-0.05, 0) is 19.1 Å². The average Bonchev–Trinajstić information content (AvgIpc) is 2.74. The van der Waals surface area contributed by atoms with E-state index in [1.807, 2.05) is 0 Å². The van der Waals surface area contributed by atoms with Crippen LogP contribution < -0.4 is 28.1 Å². The molecule has 1 unspecified atom stereocenters. The minimum Gasteiger partial charge on any atom is -0.382 e. The first kappa shape index (κ1) is 21.5. The Hall–Kier alpha value is -3.77. The molecule has 0 aliphatic heterocycles. The summed E-state index contributed by atoms with van der Waals surface area (Å²) in [4.78, 5) is 33.6. The number of anilines is 4. The number of nitrogens with zero attached hydrogens (tertiary/aromatic N) is 6. The molecular formula is C18H15Cl2FN10O. The third-order valence-corrected chi connectivity index (χ3v) is 5.16. The average molecular weight is 477 g/mol. The summed E-state index contributed by atoms with van der Waals surface area (Å²) in [6, 6.07) is 1.63. The van der Waals surface area contributed by atoms with Crippen molar-refractivity contribution < 1.29 is 4.39 Å². The van der Waals surface area contributed by atoms with Crippen LogP contribution in [0.2, 0.25) is 10.0 Å². The normalized spacial score (nSPS) is 12.1. The molecule has 0 aliphatic rings. The molecule has 4 rings (SSSR count). The van der Waals surface area contributed by atoms with Crippen LogP contribution >= 0.6 is 23.2 Å². The fourth-order valence-corrected chi connectivity index (χ4v) is 3.41. The minimum absolute atomic E-state index is 0.0160. The fourth-order valence-electron chi connectivity index (χ4n) is 3.04. The predicted molar refractivity (Wildman–Crippen MR) is 120 cm³/mol. The fraction of sp³-hybridized carbons (Fsp3) is 0.111. The third kappa shape index (κ3) is 3.69. The Labute approximate surface area is 189 Å². The lowest BCUT2D eigenvalue weighted by molar-refractivity contribution is 0.631. The van der Waals surface area contributed by atoms with E-state index in [1.165, 1.54) is 18.5 Å². The van der Waals surface area contributed by atoms with Gasteiger partial charge in [0.15, 0.2) is 11.6 Å². The Bertz CT molecular complexity index is 1410. The van der Waals surface area contributed by atoms with E-state index < -0.39 is 17.4 Å². The number of nitrogen functional groups attached to an aromatic ring is 3. The Kier molecular flexibility index (Phi) is 5.40. The van der Waals surface area contributed by atoms with Gasteiger partial charge in [0.1, 0.15) is 33.8 Å². The molecule has 0 fully saturated rings. The standard InChI is InChI=1S/C18H15Cl2FN10O/c1-6(27-15-12(20)14(23)29-18(24)30-15)16-28-13-8(21)3-2-7(19)11(13)17(32)31(16)10-5-25-9(22)4-26-10/h2-6H,1H3,(H2,22,25)(H5,23,24,27,29,30). The lowest BCUT2D eigenvalue weighted by Crippen LogP contribution is -2.29. The molecule has 0 bridgehead atoms. The van der Waals surface area contributed by atoms with E-state index in [4.69, 9.17) is 40.4 Å². The lowest BCUT2D eigenvalue weighted by atomic mass is 10.2. The van der Waals surface area contributed by atoms with Crippen molar-refractivity contribution >= 4 is 57.5 Å². The molecule has 0 aliphatic carbocycles. The van der Waals surface area contributed by atoms with Crippen LogP contribution in [-0.2, 0) is 0 Å². The zero-order valence-electron chi connectivity index (χ0n) is 16.3. The summed E-state index contributed by atoms with van der Waals surface area (Å²) >= 11 is 12.4. The first-order chi connectivity index (χ1) is 15.2. The molecule has 1 aromatic carbocycles. The summed E-state index contributed by atoms with van der Waals surface area (Å²) in [5.74, 6) is -0.484. The number of hydrogen-bond donors (Lipinski definition) is 4. The van der Waals surface area contributed by atoms with Gasteiger partial charge in [-0.15, -0.1) is 0 Å². The van der Waals surface area contributed by atoms with Crippen molar-refractivity contribution in [2.24, 2.45) is 0 Å². The molecule has 11 nitrogen and oxygen atoms in total. The number of hydrogen-bond acceptors (Lipinski definition) is 10. The zero-order chi connectivity index (χ0) is 23.2. The number of rotatable bonds is 4. The van der Waals surface area contributed by atoms with E-state index >= 15 is 0 Å². The number of nitrogens with one attached hydrogen (secondary N) is 1. The summed E-state index contributed by atoms with van der Waals surface area (Å²) in [6.45, 7) is 1.64. The van der Waals surface area contributed by atoms with Gasteiger partial charge in [0.25, 0.3) is 5.56 Å². The quantitative estimate of drug-likeness (QED) is 0.341. The Balaban J connectivity index is 1.97. The summed E-state index contributed by atoms with van der Waals surface area (Å²) in [5.41, 5.74) is 16.1. The maximum atomic E-state index is 14.6. The van der Waals surface area contributed by atoms with Crippen molar-refractivity contribution in [1.29, 1.82) is 0 Å². The van der Waals surface area contributed by atoms with E-state index in [9.17, 15) is 9.18 Å². The summed E-state index contributed by atoms with van der Waals surface area (Å²) in [7, 11) is 0. The summed E-state index contributed by atoms with van der Waals surface area (Å²) in [5, 5.41) is 2.89. The monoisotopic (exact) mass is 476 g/mol. The molecule has 1 atom stereocenters. The van der Waals surface area contributed by atoms with Gasteiger partial charge in [0.05, 0.1) is 28.8 Å². The van der Waals surface area contributed by atoms with E-state index in [-0.39, 0.29) is 56.0 Å². The van der Waals surface area contributed by atoms with Crippen LogP contribution in [0.5, 0.6) is 0 Å². The predicted octanol–water partition coefficient (Wildman–Crippen LogP) is 2.33. The van der Waals surface area contributed by atoms with E-state index in [2.05, 4.69) is 30.2 Å². The highest BCUT2D eigenvalue weighted by Crippen LogP contribution is 2.30. The van der Waals surface area contributed by atoms with E-state index in [1.54, 1.807) is 6.92 Å². The van der Waals surface area contributed by atoms with Gasteiger partial charge in [0, 0.05) is 0 Å². The Morgan fingerprint density at radius 3 is 2.53 bits per heavy atom. The van der Waals surface area contributed by atoms with Crippen molar-refractivity contribution in [3.63, 3.8) is 0 Å². The SMILES string of the molecule is CC(Nc1nc(N)nc(N)c1Cl)c1nc2c(F)ccc(Cl)c2c(=O)n1-c1cnc(N)cn1. The molecule has 7 N–H and O–H groups in total. The smallest absolute Gasteiger partial charge is 0.268 e. The highest BCUT2D eigenvalue weighted by Gasteiger charge is 2.23. The van der Waals surface area contributed by atoms with Crippen LogP contribution in [0.3, 0.4) is 0 Å². The number of fused-ring (bicyclic) bond motifs is 1. The molecule has 0 spiro atoms. The van der Waals surface area contributed by atoms with Gasteiger partial charge in [-0.3, -0.25) is 4.79 Å². The topological polar surface area (TPSA) is 177 Å². The van der Waals surface area contributed by atoms with Gasteiger partial charge >= 0.3 is 0 Å². The number of aromatic nitrogens is 6. The molecular weight excluding hydrogens is 462 g/mol. The van der Waals surface area contributed by atoms with Crippen LogP contribution in [0, 0.1) is 5.82 Å². The van der Waals surface area contributed by atoms with Crippen molar-refractivity contribution in [3.8, 4) is 5.82 Å². The van der Waals surface area contributed by atoms with Crippen molar-refractivity contribution in [1.82, 2.24) is 29.5 Å². The van der Waals surface area contributed by atoms with Crippen molar-refractivity contribution in [2.45, 2.75) is 13.0 Å². The van der Waals surface area contributed by atoms with Gasteiger partial charge in [-0.25, -0.2) is 23.9 Å². The first-order valence-corrected chi connectivity index (χ1v) is 9.76. The van der Waals surface area contributed by atoms with Gasteiger partial charge in [-0.1, -0.05) is 23.2 Å². The molecule has 3 aromatic heterocycles. The van der Waals surface area contributed by atoms with Crippen molar-refractivity contribution in [2.75, 3.05) is 22.5 Å². The van der Waals surface area contributed by atoms with E-state index in [0.717, 1.165) is 10.6 Å². The first-order valence-electron chi connectivity index (χ1n) is 9.01. The summed E-state index contributed by atoms with van der Waals surface area (Å²) in [6.07, 6.45) is 2.55. The molecule has 0 saturated heterocycles. The van der Waals surface area contributed by atoms with Crippen LogP contribution in [0.25, 0.3) is 16.7 Å². The molecule has 0 saturated carbocycles. The second-order valence-electron chi connectivity index (χ2n) is 6.66. The lowest BCUT2D eigenvalue weighted by Gasteiger charge is -2.20. The van der Waals surface area contributed by atoms with Crippen LogP contribution in [0.15, 0.2) is 29.3 Å². The second-order valence-corrected chi connectivity index (χ2v) is 7.44. The zero-order valence-corrected chi connectivity index (χ0v) is 17.9. The highest BCUT2D eigenvalue weighted by molar-refractivity contribution is 6.35. The Morgan fingerprint density at radius 2 is 1.84 bits per heavy atom. The van der Waals surface area contributed by atoms with Gasteiger partial charge < -0.3 is 22.5 Å². The van der Waals surface area contributed by atoms with Crippen LogP contribution in [0.1, 0.15) is 18.8 Å². The Morgan fingerprint density at radius 1 is 1.09 bits per heavy atom. The van der Waals surface area contributed by atoms with Gasteiger partial charge in [0.2, 0.25) is 5.95 Å². The maximum Gasteiger partial charge on any atom is 0.268 e. The number of nitrogens with two attached hydrogens (primary N) is 3. The maximum absolute atomic E-state index is 14.6. The largest absolute Gasteiger partial charge is 0.382 e. The number of halogens is 3. The molecule has 0 radical (unpaired) electrons. The summed E-state index contributed by atoms with van der Waals surface area (Å²) < 4.78 is 15.7. The molecule has 14 heteroatoms. The van der Waals surface area contributed by atoms with E-state index in [0.29, 0.717) is 0 Å².